The predicted molar refractivity (Wildman–Crippen MR) is 119 cm³/mol. The molecular weight excluding hydrogens is 398 g/mol. The number of carbonyl (C=O) groups excluding carboxylic acids is 2. The topological polar surface area (TPSA) is 70.2 Å². The van der Waals surface area contributed by atoms with Gasteiger partial charge in [0.05, 0.1) is 6.04 Å². The smallest absolute Gasteiger partial charge is 0.319 e. The number of rotatable bonds is 6. The second-order valence-corrected chi connectivity index (χ2v) is 8.69. The van der Waals surface area contributed by atoms with Gasteiger partial charge in [-0.1, -0.05) is 55.8 Å². The van der Waals surface area contributed by atoms with Crippen molar-refractivity contribution in [3.8, 4) is 0 Å². The molecule has 1 aliphatic carbocycles. The molecule has 4 rings (SSSR count). The van der Waals surface area contributed by atoms with Crippen molar-refractivity contribution in [3.63, 3.8) is 0 Å². The lowest BCUT2D eigenvalue weighted by molar-refractivity contribution is -0.124. The molecule has 3 N–H and O–H groups in total. The average molecular weight is 424 g/mol. The lowest BCUT2D eigenvalue weighted by Crippen LogP contribution is -2.40. The van der Waals surface area contributed by atoms with Crippen molar-refractivity contribution in [1.82, 2.24) is 16.0 Å². The minimum absolute atomic E-state index is 0.00408. The third kappa shape index (κ3) is 4.68. The maximum Gasteiger partial charge on any atom is 0.319 e. The zero-order valence-corrected chi connectivity index (χ0v) is 17.9. The van der Waals surface area contributed by atoms with Crippen molar-refractivity contribution in [2.45, 2.75) is 45.2 Å². The van der Waals surface area contributed by atoms with Crippen molar-refractivity contribution in [2.75, 3.05) is 0 Å². The fourth-order valence-corrected chi connectivity index (χ4v) is 3.78. The van der Waals surface area contributed by atoms with Crippen LogP contribution >= 0.6 is 11.6 Å². The highest BCUT2D eigenvalue weighted by Crippen LogP contribution is 2.40. The summed E-state index contributed by atoms with van der Waals surface area (Å²) in [6.45, 7) is 4.12. The fourth-order valence-electron chi connectivity index (χ4n) is 3.56. The Bertz CT molecular complexity index is 994. The van der Waals surface area contributed by atoms with Crippen molar-refractivity contribution in [3.05, 3.63) is 75.8 Å². The molecule has 0 spiro atoms. The van der Waals surface area contributed by atoms with Crippen LogP contribution in [0.25, 0.3) is 5.70 Å². The Morgan fingerprint density at radius 2 is 1.83 bits per heavy atom. The molecule has 1 aliphatic heterocycles. The monoisotopic (exact) mass is 423 g/mol. The van der Waals surface area contributed by atoms with Crippen LogP contribution in [0.1, 0.15) is 60.9 Å². The first-order valence-corrected chi connectivity index (χ1v) is 10.7. The van der Waals surface area contributed by atoms with Crippen LogP contribution in [0.5, 0.6) is 0 Å². The number of amides is 3. The molecule has 0 bridgehead atoms. The van der Waals surface area contributed by atoms with E-state index in [1.165, 1.54) is 18.4 Å². The summed E-state index contributed by atoms with van der Waals surface area (Å²) >= 11 is 6.45. The van der Waals surface area contributed by atoms with E-state index in [1.807, 2.05) is 32.1 Å². The van der Waals surface area contributed by atoms with Crippen LogP contribution in [0.15, 0.2) is 48.5 Å². The van der Waals surface area contributed by atoms with Gasteiger partial charge in [-0.2, -0.15) is 0 Å². The first kappa shape index (κ1) is 20.5. The highest BCUT2D eigenvalue weighted by Gasteiger charge is 2.25. The number of nitrogens with one attached hydrogen (secondary N) is 3. The Labute approximate surface area is 181 Å². The summed E-state index contributed by atoms with van der Waals surface area (Å²) in [6.07, 6.45) is 4.51. The molecule has 2 aromatic rings. The zero-order valence-electron chi connectivity index (χ0n) is 17.2. The van der Waals surface area contributed by atoms with E-state index in [0.29, 0.717) is 23.2 Å². The van der Waals surface area contributed by atoms with Crippen LogP contribution in [0.4, 0.5) is 4.79 Å². The Hall–Kier alpha value is -2.79. The SMILES string of the molecule is CC(C)C(=O)NCc1ccc(Cl)c(C2=CC(c3ccc(C4CC4)cc3)NC(=O)N2)c1. The van der Waals surface area contributed by atoms with Crippen LogP contribution in [0, 0.1) is 5.92 Å². The third-order valence-corrected chi connectivity index (χ3v) is 5.85. The van der Waals surface area contributed by atoms with E-state index in [0.717, 1.165) is 16.7 Å². The van der Waals surface area contributed by atoms with Crippen molar-refractivity contribution in [2.24, 2.45) is 5.92 Å². The standard InChI is InChI=1S/C24H26ClN3O2/c1-14(2)23(29)26-13-15-3-10-20(25)19(11-15)22-12-21(27-24(30)28-22)18-8-6-17(7-9-18)16-4-5-16/h3,6-12,14,16,21H,4-5,13H2,1-2H3,(H,26,29)(H2,27,28,30). The first-order valence-electron chi connectivity index (χ1n) is 10.4. The van der Waals surface area contributed by atoms with Gasteiger partial charge in [0.25, 0.3) is 0 Å². The molecule has 156 valence electrons. The molecule has 6 heteroatoms. The lowest BCUT2D eigenvalue weighted by Gasteiger charge is -2.25. The number of benzene rings is 2. The van der Waals surface area contributed by atoms with Crippen LogP contribution in [-0.4, -0.2) is 11.9 Å². The fraction of sp³-hybridized carbons (Fsp3) is 0.333. The third-order valence-electron chi connectivity index (χ3n) is 5.52. The van der Waals surface area contributed by atoms with Gasteiger partial charge in [-0.3, -0.25) is 4.79 Å². The number of urea groups is 1. The van der Waals surface area contributed by atoms with Gasteiger partial charge in [0.2, 0.25) is 5.91 Å². The van der Waals surface area contributed by atoms with E-state index in [2.05, 4.69) is 40.2 Å². The van der Waals surface area contributed by atoms with Gasteiger partial charge >= 0.3 is 6.03 Å². The highest BCUT2D eigenvalue weighted by atomic mass is 35.5. The molecule has 1 heterocycles. The molecule has 2 aromatic carbocycles. The van der Waals surface area contributed by atoms with Gasteiger partial charge in [0.15, 0.2) is 0 Å². The van der Waals surface area contributed by atoms with Gasteiger partial charge < -0.3 is 16.0 Å². The van der Waals surface area contributed by atoms with Crippen LogP contribution in [-0.2, 0) is 11.3 Å². The Morgan fingerprint density at radius 1 is 1.13 bits per heavy atom. The summed E-state index contributed by atoms with van der Waals surface area (Å²) in [7, 11) is 0. The van der Waals surface area contributed by atoms with Gasteiger partial charge in [-0.15, -0.1) is 0 Å². The molecule has 0 aromatic heterocycles. The van der Waals surface area contributed by atoms with Gasteiger partial charge in [-0.05, 0) is 53.7 Å². The van der Waals surface area contributed by atoms with Gasteiger partial charge in [0, 0.05) is 28.7 Å². The number of carbonyl (C=O) groups is 2. The van der Waals surface area contributed by atoms with Gasteiger partial charge in [0.1, 0.15) is 0 Å². The minimum atomic E-state index is -0.265. The number of hydrogen-bond acceptors (Lipinski definition) is 2. The molecule has 1 unspecified atom stereocenters. The van der Waals surface area contributed by atoms with Crippen LogP contribution < -0.4 is 16.0 Å². The number of hydrogen-bond donors (Lipinski definition) is 3. The maximum atomic E-state index is 12.3. The Morgan fingerprint density at radius 3 is 2.50 bits per heavy atom. The van der Waals surface area contributed by atoms with E-state index in [4.69, 9.17) is 11.6 Å². The van der Waals surface area contributed by atoms with E-state index in [9.17, 15) is 9.59 Å². The maximum absolute atomic E-state index is 12.3. The normalized spacial score (nSPS) is 18.5. The summed E-state index contributed by atoms with van der Waals surface area (Å²) in [6, 6.07) is 13.6. The molecular formula is C24H26ClN3O2. The zero-order chi connectivity index (χ0) is 21.3. The summed E-state index contributed by atoms with van der Waals surface area (Å²) in [4.78, 5) is 24.2. The molecule has 3 amide bonds. The lowest BCUT2D eigenvalue weighted by atomic mass is 9.98. The second kappa shape index (κ2) is 8.52. The first-order chi connectivity index (χ1) is 14.4. The molecule has 1 fully saturated rings. The molecule has 30 heavy (non-hydrogen) atoms. The summed E-state index contributed by atoms with van der Waals surface area (Å²) in [5.74, 6) is 0.622. The van der Waals surface area contributed by atoms with E-state index < -0.39 is 0 Å². The highest BCUT2D eigenvalue weighted by molar-refractivity contribution is 6.32. The Kier molecular flexibility index (Phi) is 5.82. The van der Waals surface area contributed by atoms with Crippen molar-refractivity contribution in [1.29, 1.82) is 0 Å². The predicted octanol–water partition coefficient (Wildman–Crippen LogP) is 4.88. The van der Waals surface area contributed by atoms with Crippen molar-refractivity contribution >= 4 is 29.2 Å². The number of halogens is 1. The van der Waals surface area contributed by atoms with Gasteiger partial charge in [-0.25, -0.2) is 4.79 Å². The summed E-state index contributed by atoms with van der Waals surface area (Å²) < 4.78 is 0. The van der Waals surface area contributed by atoms with Crippen LogP contribution in [0.3, 0.4) is 0 Å². The van der Waals surface area contributed by atoms with E-state index in [-0.39, 0.29) is 23.9 Å². The summed E-state index contributed by atoms with van der Waals surface area (Å²) in [5.41, 5.74) is 4.72. The molecule has 5 nitrogen and oxygen atoms in total. The quantitative estimate of drug-likeness (QED) is 0.619. The van der Waals surface area contributed by atoms with Crippen molar-refractivity contribution < 1.29 is 9.59 Å². The molecule has 0 saturated heterocycles. The Balaban J connectivity index is 1.57. The average Bonchev–Trinajstić information content (AvgIpc) is 3.58. The largest absolute Gasteiger partial charge is 0.352 e. The van der Waals surface area contributed by atoms with E-state index in [1.54, 1.807) is 6.07 Å². The molecule has 2 aliphatic rings. The molecule has 1 atom stereocenters. The van der Waals surface area contributed by atoms with E-state index >= 15 is 0 Å². The van der Waals surface area contributed by atoms with Crippen LogP contribution in [0.2, 0.25) is 5.02 Å². The second-order valence-electron chi connectivity index (χ2n) is 8.28. The minimum Gasteiger partial charge on any atom is -0.352 e. The summed E-state index contributed by atoms with van der Waals surface area (Å²) in [5, 5.41) is 9.28. The molecule has 1 saturated carbocycles. The molecule has 0 radical (unpaired) electrons.